The lowest BCUT2D eigenvalue weighted by molar-refractivity contribution is -0.134. The number of nitrogens with one attached hydrogen (secondary N) is 1. The molecule has 1 rings (SSSR count). The highest BCUT2D eigenvalue weighted by Gasteiger charge is 2.17. The Labute approximate surface area is 124 Å². The molecule has 0 aliphatic rings. The van der Waals surface area contributed by atoms with Crippen molar-refractivity contribution in [1.82, 2.24) is 10.2 Å². The van der Waals surface area contributed by atoms with Gasteiger partial charge in [-0.15, -0.1) is 0 Å². The van der Waals surface area contributed by atoms with Crippen LogP contribution in [0.4, 0.5) is 0 Å². The van der Waals surface area contributed by atoms with E-state index in [4.69, 9.17) is 23.2 Å². The zero-order chi connectivity index (χ0) is 14.4. The van der Waals surface area contributed by atoms with E-state index in [1.54, 1.807) is 24.1 Å². The van der Waals surface area contributed by atoms with E-state index in [0.717, 1.165) is 12.1 Å². The second-order valence-corrected chi connectivity index (χ2v) is 5.48. The molecule has 106 valence electrons. The van der Waals surface area contributed by atoms with Crippen LogP contribution in [0.5, 0.6) is 0 Å². The van der Waals surface area contributed by atoms with E-state index in [0.29, 0.717) is 23.1 Å². The Morgan fingerprint density at radius 3 is 2.68 bits per heavy atom. The predicted molar refractivity (Wildman–Crippen MR) is 80.6 cm³/mol. The van der Waals surface area contributed by atoms with Crippen LogP contribution in [0.2, 0.25) is 10.0 Å². The second-order valence-electron chi connectivity index (χ2n) is 4.64. The number of halogens is 2. The fourth-order valence-corrected chi connectivity index (χ4v) is 2.28. The van der Waals surface area contributed by atoms with Gasteiger partial charge in [0.25, 0.3) is 0 Å². The summed E-state index contributed by atoms with van der Waals surface area (Å²) < 4.78 is 0. The molecule has 1 aromatic rings. The maximum atomic E-state index is 12.1. The second kappa shape index (κ2) is 7.73. The van der Waals surface area contributed by atoms with Gasteiger partial charge in [0.05, 0.1) is 0 Å². The molecule has 1 aromatic carbocycles. The Morgan fingerprint density at radius 2 is 2.11 bits per heavy atom. The van der Waals surface area contributed by atoms with E-state index in [9.17, 15) is 4.79 Å². The highest BCUT2D eigenvalue weighted by molar-refractivity contribution is 6.35. The molecule has 0 aliphatic heterocycles. The summed E-state index contributed by atoms with van der Waals surface area (Å²) in [5, 5.41) is 4.37. The van der Waals surface area contributed by atoms with Crippen molar-refractivity contribution in [3.05, 3.63) is 33.8 Å². The summed E-state index contributed by atoms with van der Waals surface area (Å²) in [6, 6.07) is 5.32. The van der Waals surface area contributed by atoms with Crippen LogP contribution in [-0.4, -0.2) is 30.9 Å². The van der Waals surface area contributed by atoms with Crippen LogP contribution in [0.1, 0.15) is 19.4 Å². The third kappa shape index (κ3) is 5.01. The highest BCUT2D eigenvalue weighted by Crippen LogP contribution is 2.22. The Hall–Kier alpha value is -0.770. The molecule has 1 N–H and O–H groups in total. The van der Waals surface area contributed by atoms with Crippen molar-refractivity contribution in [2.75, 3.05) is 20.1 Å². The van der Waals surface area contributed by atoms with Gasteiger partial charge in [0.1, 0.15) is 0 Å². The van der Waals surface area contributed by atoms with Crippen LogP contribution in [0, 0.1) is 5.92 Å². The number of carbonyl (C=O) groups excluding carboxylic acids is 1. The minimum atomic E-state index is -0.0453. The molecule has 0 aliphatic carbocycles. The van der Waals surface area contributed by atoms with Crippen LogP contribution >= 0.6 is 23.2 Å². The molecule has 0 saturated heterocycles. The van der Waals surface area contributed by atoms with Crippen LogP contribution in [0.3, 0.4) is 0 Å². The zero-order valence-electron chi connectivity index (χ0n) is 11.5. The van der Waals surface area contributed by atoms with Gasteiger partial charge in [-0.3, -0.25) is 4.79 Å². The van der Waals surface area contributed by atoms with Crippen LogP contribution in [0.15, 0.2) is 18.2 Å². The van der Waals surface area contributed by atoms with Gasteiger partial charge in [-0.05, 0) is 24.2 Å². The zero-order valence-corrected chi connectivity index (χ0v) is 13.1. The number of benzene rings is 1. The first-order valence-corrected chi connectivity index (χ1v) is 7.11. The summed E-state index contributed by atoms with van der Waals surface area (Å²) in [7, 11) is 1.79. The Balaban J connectivity index is 2.63. The van der Waals surface area contributed by atoms with Crippen LogP contribution in [-0.2, 0) is 11.3 Å². The van der Waals surface area contributed by atoms with Crippen molar-refractivity contribution in [2.45, 2.75) is 20.4 Å². The van der Waals surface area contributed by atoms with Gasteiger partial charge in [0.2, 0.25) is 5.91 Å². The van der Waals surface area contributed by atoms with Crippen molar-refractivity contribution < 1.29 is 4.79 Å². The molecule has 3 nitrogen and oxygen atoms in total. The molecule has 1 amide bonds. The molecule has 1 unspecified atom stereocenters. The van der Waals surface area contributed by atoms with Gasteiger partial charge >= 0.3 is 0 Å². The Bertz CT molecular complexity index is 437. The topological polar surface area (TPSA) is 32.3 Å². The van der Waals surface area contributed by atoms with Gasteiger partial charge in [-0.25, -0.2) is 0 Å². The Kier molecular flexibility index (Phi) is 6.63. The lowest BCUT2D eigenvalue weighted by atomic mass is 10.1. The van der Waals surface area contributed by atoms with Crippen molar-refractivity contribution in [3.8, 4) is 0 Å². The van der Waals surface area contributed by atoms with Crippen molar-refractivity contribution in [3.63, 3.8) is 0 Å². The highest BCUT2D eigenvalue weighted by atomic mass is 35.5. The third-order valence-electron chi connectivity index (χ3n) is 2.92. The maximum absolute atomic E-state index is 12.1. The van der Waals surface area contributed by atoms with Gasteiger partial charge in [0, 0.05) is 36.1 Å². The normalized spacial score (nSPS) is 12.3. The van der Waals surface area contributed by atoms with Crippen molar-refractivity contribution in [2.24, 2.45) is 5.92 Å². The lowest BCUT2D eigenvalue weighted by Crippen LogP contribution is -2.36. The molecular formula is C14H20Cl2N2O. The van der Waals surface area contributed by atoms with E-state index in [-0.39, 0.29) is 11.8 Å². The number of hydrogen-bond acceptors (Lipinski definition) is 2. The average molecular weight is 303 g/mol. The molecule has 1 atom stereocenters. The molecular weight excluding hydrogens is 283 g/mol. The quantitative estimate of drug-likeness (QED) is 0.875. The van der Waals surface area contributed by atoms with Gasteiger partial charge in [-0.1, -0.05) is 43.1 Å². The smallest absolute Gasteiger partial charge is 0.226 e. The summed E-state index contributed by atoms with van der Waals surface area (Å²) in [5.74, 6) is 0.0583. The number of nitrogens with zero attached hydrogens (tertiary/aromatic N) is 1. The summed E-state index contributed by atoms with van der Waals surface area (Å²) in [4.78, 5) is 13.8. The third-order valence-corrected chi connectivity index (χ3v) is 3.51. The maximum Gasteiger partial charge on any atom is 0.226 e. The first-order chi connectivity index (χ1) is 8.95. The minimum absolute atomic E-state index is 0.0453. The molecule has 0 aromatic heterocycles. The summed E-state index contributed by atoms with van der Waals surface area (Å²) >= 11 is 12.0. The number of carbonyl (C=O) groups is 1. The molecule has 0 fully saturated rings. The van der Waals surface area contributed by atoms with Crippen LogP contribution < -0.4 is 5.32 Å². The van der Waals surface area contributed by atoms with E-state index in [1.165, 1.54) is 0 Å². The first kappa shape index (κ1) is 16.3. The predicted octanol–water partition coefficient (Wildman–Crippen LogP) is 3.20. The molecule has 0 saturated carbocycles. The van der Waals surface area contributed by atoms with E-state index >= 15 is 0 Å². The van der Waals surface area contributed by atoms with Crippen molar-refractivity contribution in [1.29, 1.82) is 0 Å². The molecule has 5 heteroatoms. The summed E-state index contributed by atoms with van der Waals surface area (Å²) in [6.45, 7) is 5.99. The summed E-state index contributed by atoms with van der Waals surface area (Å²) in [5.41, 5.74) is 0.901. The molecule has 0 heterocycles. The average Bonchev–Trinajstić information content (AvgIpc) is 2.38. The minimum Gasteiger partial charge on any atom is -0.341 e. The van der Waals surface area contributed by atoms with E-state index in [1.807, 2.05) is 19.9 Å². The SMILES string of the molecule is CCNCC(C)C(=O)N(C)Cc1ccc(Cl)cc1Cl. The molecule has 19 heavy (non-hydrogen) atoms. The van der Waals surface area contributed by atoms with E-state index in [2.05, 4.69) is 5.32 Å². The Morgan fingerprint density at radius 1 is 1.42 bits per heavy atom. The van der Waals surface area contributed by atoms with E-state index < -0.39 is 0 Å². The largest absolute Gasteiger partial charge is 0.341 e. The fraction of sp³-hybridized carbons (Fsp3) is 0.500. The number of hydrogen-bond donors (Lipinski definition) is 1. The molecule has 0 spiro atoms. The monoisotopic (exact) mass is 302 g/mol. The fourth-order valence-electron chi connectivity index (χ4n) is 1.81. The lowest BCUT2D eigenvalue weighted by Gasteiger charge is -2.22. The number of amides is 1. The van der Waals surface area contributed by atoms with Crippen molar-refractivity contribution >= 4 is 29.1 Å². The number of rotatable bonds is 6. The van der Waals surface area contributed by atoms with Crippen LogP contribution in [0.25, 0.3) is 0 Å². The molecule has 0 radical (unpaired) electrons. The molecule has 0 bridgehead atoms. The van der Waals surface area contributed by atoms with Gasteiger partial charge in [0.15, 0.2) is 0 Å². The first-order valence-electron chi connectivity index (χ1n) is 6.35. The van der Waals surface area contributed by atoms with Gasteiger partial charge in [-0.2, -0.15) is 0 Å². The summed E-state index contributed by atoms with van der Waals surface area (Å²) in [6.07, 6.45) is 0. The van der Waals surface area contributed by atoms with Gasteiger partial charge < -0.3 is 10.2 Å². The standard InChI is InChI=1S/C14H20Cl2N2O/c1-4-17-8-10(2)14(19)18(3)9-11-5-6-12(15)7-13(11)16/h5-7,10,17H,4,8-9H2,1-3H3.